The highest BCUT2D eigenvalue weighted by Gasteiger charge is 2.04. The summed E-state index contributed by atoms with van der Waals surface area (Å²) in [6.45, 7) is 7.02. The topological polar surface area (TPSA) is 26.3 Å². The van der Waals surface area contributed by atoms with Gasteiger partial charge in [0.15, 0.2) is 0 Å². The molecule has 0 aromatic heterocycles. The van der Waals surface area contributed by atoms with Gasteiger partial charge in [0.1, 0.15) is 0 Å². The van der Waals surface area contributed by atoms with Gasteiger partial charge in [-0.25, -0.2) is 4.79 Å². The van der Waals surface area contributed by atoms with Crippen LogP contribution >= 0.6 is 0 Å². The molecule has 0 aromatic rings. The lowest BCUT2D eigenvalue weighted by atomic mass is 10.0. The Morgan fingerprint density at radius 3 is 1.32 bits per heavy atom. The van der Waals surface area contributed by atoms with E-state index in [1.54, 1.807) is 0 Å². The molecule has 0 saturated carbocycles. The van der Waals surface area contributed by atoms with E-state index in [4.69, 9.17) is 4.74 Å². The summed E-state index contributed by atoms with van der Waals surface area (Å²) < 4.78 is 5.43. The highest BCUT2D eigenvalue weighted by molar-refractivity contribution is 5.87. The Labute approximate surface area is 196 Å². The SMILES string of the molecule is CCCCCCCCCC=C(C)C(=O)OCCCCCCCCCCCCCCCC. The van der Waals surface area contributed by atoms with Gasteiger partial charge >= 0.3 is 5.97 Å². The van der Waals surface area contributed by atoms with E-state index in [2.05, 4.69) is 19.9 Å². The van der Waals surface area contributed by atoms with Crippen LogP contribution in [0.2, 0.25) is 0 Å². The quantitative estimate of drug-likeness (QED) is 0.0854. The molecule has 31 heavy (non-hydrogen) atoms. The minimum atomic E-state index is -0.113. The van der Waals surface area contributed by atoms with E-state index in [-0.39, 0.29) is 5.97 Å². The molecule has 0 aliphatic heterocycles. The number of rotatable bonds is 24. The molecule has 0 spiro atoms. The standard InChI is InChI=1S/C29H56O2/c1-4-6-8-10-12-14-15-16-17-18-19-21-23-25-27-31-29(30)28(3)26-24-22-20-13-11-9-7-5-2/h26H,4-25,27H2,1-3H3. The molecule has 0 amide bonds. The molecule has 2 heteroatoms. The van der Waals surface area contributed by atoms with Crippen LogP contribution in [-0.2, 0) is 9.53 Å². The molecular formula is C29H56O2. The molecule has 184 valence electrons. The van der Waals surface area contributed by atoms with E-state index in [1.807, 2.05) is 6.92 Å². The van der Waals surface area contributed by atoms with Crippen LogP contribution in [0.4, 0.5) is 0 Å². The van der Waals surface area contributed by atoms with Crippen LogP contribution < -0.4 is 0 Å². The predicted octanol–water partition coefficient (Wildman–Crippen LogP) is 10.1. The first-order chi connectivity index (χ1) is 15.2. The fourth-order valence-electron chi connectivity index (χ4n) is 4.08. The fourth-order valence-corrected chi connectivity index (χ4v) is 4.08. The minimum Gasteiger partial charge on any atom is -0.462 e. The summed E-state index contributed by atoms with van der Waals surface area (Å²) >= 11 is 0. The molecule has 0 radical (unpaired) electrons. The zero-order chi connectivity index (χ0) is 22.8. The van der Waals surface area contributed by atoms with Crippen molar-refractivity contribution in [2.24, 2.45) is 0 Å². The summed E-state index contributed by atoms with van der Waals surface area (Å²) in [6, 6.07) is 0. The van der Waals surface area contributed by atoms with Crippen LogP contribution in [0.3, 0.4) is 0 Å². The predicted molar refractivity (Wildman–Crippen MR) is 138 cm³/mol. The monoisotopic (exact) mass is 436 g/mol. The van der Waals surface area contributed by atoms with Gasteiger partial charge in [0.25, 0.3) is 0 Å². The average molecular weight is 437 g/mol. The second-order valence-corrected chi connectivity index (χ2v) is 9.53. The number of carbonyl (C=O) groups excluding carboxylic acids is 1. The number of hydrogen-bond acceptors (Lipinski definition) is 2. The molecule has 0 aliphatic carbocycles. The molecule has 0 aliphatic rings. The van der Waals surface area contributed by atoms with Crippen LogP contribution in [-0.4, -0.2) is 12.6 Å². The molecular weight excluding hydrogens is 380 g/mol. The number of hydrogen-bond donors (Lipinski definition) is 0. The molecule has 0 fully saturated rings. The van der Waals surface area contributed by atoms with Gasteiger partial charge < -0.3 is 4.74 Å². The molecule has 0 rings (SSSR count). The number of esters is 1. The first-order valence-electron chi connectivity index (χ1n) is 14.1. The third kappa shape index (κ3) is 23.7. The lowest BCUT2D eigenvalue weighted by Gasteiger charge is -2.06. The zero-order valence-electron chi connectivity index (χ0n) is 21.7. The smallest absolute Gasteiger partial charge is 0.333 e. The van der Waals surface area contributed by atoms with Crippen molar-refractivity contribution in [3.63, 3.8) is 0 Å². The summed E-state index contributed by atoms with van der Waals surface area (Å²) in [5.74, 6) is -0.113. The maximum absolute atomic E-state index is 12.0. The summed E-state index contributed by atoms with van der Waals surface area (Å²) in [5, 5.41) is 0. The van der Waals surface area contributed by atoms with Crippen LogP contribution in [0.1, 0.15) is 162 Å². The highest BCUT2D eigenvalue weighted by atomic mass is 16.5. The van der Waals surface area contributed by atoms with Gasteiger partial charge in [-0.3, -0.25) is 0 Å². The van der Waals surface area contributed by atoms with Gasteiger partial charge in [0, 0.05) is 5.57 Å². The lowest BCUT2D eigenvalue weighted by molar-refractivity contribution is -0.139. The lowest BCUT2D eigenvalue weighted by Crippen LogP contribution is -2.07. The third-order valence-electron chi connectivity index (χ3n) is 6.31. The first kappa shape index (κ1) is 30.2. The van der Waals surface area contributed by atoms with Crippen LogP contribution in [0, 0.1) is 0 Å². The van der Waals surface area contributed by atoms with Crippen LogP contribution in [0.25, 0.3) is 0 Å². The molecule has 0 aromatic carbocycles. The second-order valence-electron chi connectivity index (χ2n) is 9.53. The number of allylic oxidation sites excluding steroid dienone is 1. The van der Waals surface area contributed by atoms with E-state index >= 15 is 0 Å². The summed E-state index contributed by atoms with van der Waals surface area (Å²) in [7, 11) is 0. The average Bonchev–Trinajstić information content (AvgIpc) is 2.77. The maximum Gasteiger partial charge on any atom is 0.333 e. The van der Waals surface area contributed by atoms with Gasteiger partial charge in [-0.05, 0) is 26.2 Å². The maximum atomic E-state index is 12.0. The van der Waals surface area contributed by atoms with Crippen molar-refractivity contribution in [1.82, 2.24) is 0 Å². The summed E-state index contributed by atoms with van der Waals surface area (Å²) in [4.78, 5) is 12.0. The van der Waals surface area contributed by atoms with E-state index in [0.717, 1.165) is 18.4 Å². The molecule has 0 unspecified atom stereocenters. The Morgan fingerprint density at radius 2 is 0.903 bits per heavy atom. The van der Waals surface area contributed by atoms with Crippen molar-refractivity contribution in [3.8, 4) is 0 Å². The Bertz CT molecular complexity index is 400. The van der Waals surface area contributed by atoms with Gasteiger partial charge in [0.2, 0.25) is 0 Å². The van der Waals surface area contributed by atoms with E-state index in [9.17, 15) is 4.79 Å². The Hall–Kier alpha value is -0.790. The van der Waals surface area contributed by atoms with Crippen molar-refractivity contribution >= 4 is 5.97 Å². The van der Waals surface area contributed by atoms with E-state index < -0.39 is 0 Å². The van der Waals surface area contributed by atoms with Crippen molar-refractivity contribution in [1.29, 1.82) is 0 Å². The summed E-state index contributed by atoms with van der Waals surface area (Å²) in [5.41, 5.74) is 0.788. The highest BCUT2D eigenvalue weighted by Crippen LogP contribution is 2.13. The van der Waals surface area contributed by atoms with Crippen molar-refractivity contribution in [3.05, 3.63) is 11.6 Å². The summed E-state index contributed by atoms with van der Waals surface area (Å²) in [6.07, 6.45) is 31.2. The molecule has 0 bridgehead atoms. The van der Waals surface area contributed by atoms with Crippen molar-refractivity contribution in [2.75, 3.05) is 6.61 Å². The van der Waals surface area contributed by atoms with Gasteiger partial charge in [0.05, 0.1) is 6.61 Å². The normalized spacial score (nSPS) is 11.8. The van der Waals surface area contributed by atoms with Gasteiger partial charge in [-0.1, -0.05) is 142 Å². The van der Waals surface area contributed by atoms with Crippen LogP contribution in [0.5, 0.6) is 0 Å². The first-order valence-corrected chi connectivity index (χ1v) is 14.1. The van der Waals surface area contributed by atoms with Crippen molar-refractivity contribution < 1.29 is 9.53 Å². The largest absolute Gasteiger partial charge is 0.462 e. The number of ether oxygens (including phenoxy) is 1. The molecule has 0 N–H and O–H groups in total. The molecule has 2 nitrogen and oxygen atoms in total. The molecule has 0 atom stereocenters. The van der Waals surface area contributed by atoms with Crippen LogP contribution in [0.15, 0.2) is 11.6 Å². The van der Waals surface area contributed by atoms with E-state index in [1.165, 1.54) is 128 Å². The Morgan fingerprint density at radius 1 is 0.548 bits per heavy atom. The zero-order valence-corrected chi connectivity index (χ0v) is 21.7. The van der Waals surface area contributed by atoms with E-state index in [0.29, 0.717) is 6.61 Å². The second kappa shape index (κ2) is 25.5. The molecule has 0 saturated heterocycles. The molecule has 0 heterocycles. The third-order valence-corrected chi connectivity index (χ3v) is 6.31. The van der Waals surface area contributed by atoms with Gasteiger partial charge in [-0.15, -0.1) is 0 Å². The fraction of sp³-hybridized carbons (Fsp3) is 0.897. The number of carbonyl (C=O) groups is 1. The van der Waals surface area contributed by atoms with Gasteiger partial charge in [-0.2, -0.15) is 0 Å². The minimum absolute atomic E-state index is 0.113. The van der Waals surface area contributed by atoms with Crippen molar-refractivity contribution in [2.45, 2.75) is 162 Å². The Kier molecular flexibility index (Phi) is 24.8. The number of unbranched alkanes of at least 4 members (excludes halogenated alkanes) is 20. The Balaban J connectivity index is 3.35.